The van der Waals surface area contributed by atoms with Crippen LogP contribution in [-0.2, 0) is 0 Å². The van der Waals surface area contributed by atoms with Gasteiger partial charge in [-0.25, -0.2) is 9.83 Å². The first-order chi connectivity index (χ1) is 15.2. The van der Waals surface area contributed by atoms with Crippen LogP contribution in [0.2, 0.25) is 0 Å². The van der Waals surface area contributed by atoms with Crippen LogP contribution in [0.4, 0.5) is 27.2 Å². The molecule has 2 aromatic carbocycles. The second kappa shape index (κ2) is 10.0. The maximum Gasteiger partial charge on any atom is 0.231 e. The lowest BCUT2D eigenvalue weighted by Gasteiger charge is -2.04. The van der Waals surface area contributed by atoms with Gasteiger partial charge in [0.05, 0.1) is 29.3 Å². The number of thiazole rings is 1. The largest absolute Gasteiger partial charge is 0.494 e. The minimum Gasteiger partial charge on any atom is -0.494 e. The summed E-state index contributed by atoms with van der Waals surface area (Å²) >= 11 is 2.91. The van der Waals surface area contributed by atoms with E-state index in [1.54, 1.807) is 24.3 Å². The zero-order chi connectivity index (χ0) is 21.5. The number of thiophene rings is 1. The van der Waals surface area contributed by atoms with Crippen LogP contribution in [0.5, 0.6) is 5.75 Å². The molecule has 31 heavy (non-hydrogen) atoms. The van der Waals surface area contributed by atoms with E-state index in [1.165, 1.54) is 22.7 Å². The number of nitrogens with zero attached hydrogens (tertiary/aromatic N) is 6. The van der Waals surface area contributed by atoms with E-state index >= 15 is 0 Å². The van der Waals surface area contributed by atoms with Gasteiger partial charge in [-0.15, -0.1) is 20.5 Å². The van der Waals surface area contributed by atoms with Crippen molar-refractivity contribution in [3.8, 4) is 5.75 Å². The van der Waals surface area contributed by atoms with Crippen molar-refractivity contribution >= 4 is 59.4 Å². The highest BCUT2D eigenvalue weighted by Crippen LogP contribution is 2.39. The summed E-state index contributed by atoms with van der Waals surface area (Å²) in [7, 11) is 0. The lowest BCUT2D eigenvalue weighted by molar-refractivity contribution is 0.309. The number of hydrogen-bond acceptors (Lipinski definition) is 8. The first-order valence-corrected chi connectivity index (χ1v) is 11.3. The van der Waals surface area contributed by atoms with Crippen LogP contribution >= 0.6 is 22.7 Å². The summed E-state index contributed by atoms with van der Waals surface area (Å²) in [6.07, 6.45) is 2.15. The van der Waals surface area contributed by atoms with Crippen molar-refractivity contribution in [3.63, 3.8) is 0 Å². The molecule has 4 aromatic rings. The Kier molecular flexibility index (Phi) is 6.72. The minimum absolute atomic E-state index is 0.581. The smallest absolute Gasteiger partial charge is 0.231 e. The molecule has 0 N–H and O–H groups in total. The van der Waals surface area contributed by atoms with Crippen molar-refractivity contribution in [2.75, 3.05) is 6.61 Å². The molecule has 0 saturated heterocycles. The van der Waals surface area contributed by atoms with Crippen LogP contribution in [0.15, 0.2) is 75.1 Å². The fourth-order valence-electron chi connectivity index (χ4n) is 2.55. The SMILES string of the molecule is [C-]#[N+]c1ccc(N=Nc2cc3sc(N=Nc4ccc(OCCCC)cc4)nc3s2)cc1. The number of rotatable bonds is 8. The van der Waals surface area contributed by atoms with E-state index in [0.717, 1.165) is 45.4 Å². The first-order valence-electron chi connectivity index (χ1n) is 9.68. The highest BCUT2D eigenvalue weighted by atomic mass is 32.1. The van der Waals surface area contributed by atoms with E-state index in [2.05, 4.69) is 37.2 Å². The van der Waals surface area contributed by atoms with Crippen molar-refractivity contribution in [3.05, 3.63) is 66.0 Å². The van der Waals surface area contributed by atoms with Crippen LogP contribution in [0.25, 0.3) is 14.4 Å². The molecule has 0 atom stereocenters. The Morgan fingerprint density at radius 3 is 2.32 bits per heavy atom. The van der Waals surface area contributed by atoms with Gasteiger partial charge in [0, 0.05) is 0 Å². The van der Waals surface area contributed by atoms with E-state index in [-0.39, 0.29) is 0 Å². The number of aromatic nitrogens is 1. The Morgan fingerprint density at radius 1 is 0.935 bits per heavy atom. The number of fused-ring (bicyclic) bond motifs is 1. The summed E-state index contributed by atoms with van der Waals surface area (Å²) in [6.45, 7) is 9.84. The number of ether oxygens (including phenoxy) is 1. The Balaban J connectivity index is 1.39. The Hall–Kier alpha value is -3.48. The van der Waals surface area contributed by atoms with Gasteiger partial charge < -0.3 is 4.74 Å². The lowest BCUT2D eigenvalue weighted by Crippen LogP contribution is -1.95. The zero-order valence-electron chi connectivity index (χ0n) is 16.7. The standard InChI is InChI=1S/C22H18N6OS2/c1-3-4-13-29-18-11-9-17(10-12-18)26-28-22-24-21-19(30-22)14-20(31-21)27-25-16-7-5-15(23-2)6-8-16/h5-12,14H,3-4,13H2,1H3. The van der Waals surface area contributed by atoms with E-state index in [4.69, 9.17) is 11.3 Å². The monoisotopic (exact) mass is 446 g/mol. The van der Waals surface area contributed by atoms with Gasteiger partial charge in [0.25, 0.3) is 0 Å². The molecule has 0 spiro atoms. The summed E-state index contributed by atoms with van der Waals surface area (Å²) in [4.78, 5) is 8.73. The molecule has 0 aliphatic carbocycles. The Labute approximate surface area is 187 Å². The molecule has 2 aromatic heterocycles. The molecule has 0 saturated carbocycles. The van der Waals surface area contributed by atoms with Gasteiger partial charge in [-0.1, -0.05) is 48.2 Å². The Morgan fingerprint density at radius 2 is 1.65 bits per heavy atom. The fourth-order valence-corrected chi connectivity index (χ4v) is 4.40. The van der Waals surface area contributed by atoms with Gasteiger partial charge in [-0.2, -0.15) is 0 Å². The van der Waals surface area contributed by atoms with Crippen molar-refractivity contribution in [1.82, 2.24) is 4.98 Å². The summed E-state index contributed by atoms with van der Waals surface area (Å²) in [6, 6.07) is 16.5. The van der Waals surface area contributed by atoms with Gasteiger partial charge in [-0.05, 0) is 48.9 Å². The number of unbranched alkanes of at least 4 members (excludes halogenated alkanes) is 1. The lowest BCUT2D eigenvalue weighted by atomic mass is 10.3. The first kappa shape index (κ1) is 20.8. The maximum atomic E-state index is 6.97. The van der Waals surface area contributed by atoms with Gasteiger partial charge in [-0.3, -0.25) is 0 Å². The number of azo groups is 2. The summed E-state index contributed by atoms with van der Waals surface area (Å²) in [5.41, 5.74) is 2.03. The summed E-state index contributed by atoms with van der Waals surface area (Å²) < 4.78 is 6.65. The molecule has 2 heterocycles. The van der Waals surface area contributed by atoms with Crippen LogP contribution in [-0.4, -0.2) is 11.6 Å². The summed E-state index contributed by atoms with van der Waals surface area (Å²) in [5, 5.41) is 18.4. The van der Waals surface area contributed by atoms with E-state index in [9.17, 15) is 0 Å². The number of benzene rings is 2. The van der Waals surface area contributed by atoms with Crippen LogP contribution in [0, 0.1) is 6.57 Å². The molecule has 0 fully saturated rings. The third-order valence-corrected chi connectivity index (χ3v) is 6.09. The molecule has 9 heteroatoms. The van der Waals surface area contributed by atoms with Gasteiger partial charge in [0.2, 0.25) is 5.13 Å². The molecule has 0 aliphatic heterocycles. The fraction of sp³-hybridized carbons (Fsp3) is 0.182. The van der Waals surface area contributed by atoms with Crippen LogP contribution < -0.4 is 4.74 Å². The molecule has 0 unspecified atom stereocenters. The van der Waals surface area contributed by atoms with Crippen molar-refractivity contribution in [2.45, 2.75) is 19.8 Å². The maximum absolute atomic E-state index is 6.97. The van der Waals surface area contributed by atoms with Crippen molar-refractivity contribution in [1.29, 1.82) is 0 Å². The molecular weight excluding hydrogens is 428 g/mol. The van der Waals surface area contributed by atoms with Crippen molar-refractivity contribution < 1.29 is 4.74 Å². The average Bonchev–Trinajstić information content (AvgIpc) is 3.36. The van der Waals surface area contributed by atoms with E-state index in [0.29, 0.717) is 16.5 Å². The molecule has 0 radical (unpaired) electrons. The third-order valence-electron chi connectivity index (χ3n) is 4.16. The molecule has 7 nitrogen and oxygen atoms in total. The highest BCUT2D eigenvalue weighted by Gasteiger charge is 2.08. The second-order valence-corrected chi connectivity index (χ2v) is 8.49. The predicted octanol–water partition coefficient (Wildman–Crippen LogP) is 8.92. The quantitative estimate of drug-likeness (QED) is 0.154. The molecule has 154 valence electrons. The Bertz CT molecular complexity index is 1220. The van der Waals surface area contributed by atoms with Gasteiger partial charge in [0.15, 0.2) is 5.69 Å². The zero-order valence-corrected chi connectivity index (χ0v) is 18.4. The van der Waals surface area contributed by atoms with E-state index in [1.807, 2.05) is 30.3 Å². The molecule has 0 amide bonds. The average molecular weight is 447 g/mol. The molecule has 0 bridgehead atoms. The highest BCUT2D eigenvalue weighted by molar-refractivity contribution is 7.30. The predicted molar refractivity (Wildman–Crippen MR) is 125 cm³/mol. The molecular formula is C22H18N6OS2. The molecule has 0 aliphatic rings. The topological polar surface area (TPSA) is 75.9 Å². The minimum atomic E-state index is 0.581. The summed E-state index contributed by atoms with van der Waals surface area (Å²) in [5.74, 6) is 0.839. The van der Waals surface area contributed by atoms with Crippen LogP contribution in [0.3, 0.4) is 0 Å². The van der Waals surface area contributed by atoms with Crippen molar-refractivity contribution in [2.24, 2.45) is 20.5 Å². The molecule has 4 rings (SSSR count). The third kappa shape index (κ3) is 5.57. The normalized spacial score (nSPS) is 11.5. The van der Waals surface area contributed by atoms with Gasteiger partial charge in [0.1, 0.15) is 15.6 Å². The van der Waals surface area contributed by atoms with E-state index < -0.39 is 0 Å². The van der Waals surface area contributed by atoms with Gasteiger partial charge >= 0.3 is 0 Å². The van der Waals surface area contributed by atoms with Crippen LogP contribution in [0.1, 0.15) is 19.8 Å². The number of hydrogen-bond donors (Lipinski definition) is 0. The second-order valence-electron chi connectivity index (χ2n) is 6.47.